The smallest absolute Gasteiger partial charge is 0.309 e. The van der Waals surface area contributed by atoms with Gasteiger partial charge in [0.15, 0.2) is 0 Å². The van der Waals surface area contributed by atoms with Crippen LogP contribution >= 0.6 is 0 Å². The van der Waals surface area contributed by atoms with Gasteiger partial charge < -0.3 is 10.4 Å². The summed E-state index contributed by atoms with van der Waals surface area (Å²) in [5.74, 6) is -1.32. The van der Waals surface area contributed by atoms with Crippen LogP contribution in [0.3, 0.4) is 0 Å². The minimum atomic E-state index is -1.08. The van der Waals surface area contributed by atoms with Gasteiger partial charge in [0.2, 0.25) is 5.91 Å². The van der Waals surface area contributed by atoms with Crippen LogP contribution in [0, 0.1) is 5.41 Å². The maximum atomic E-state index is 11.8. The number of hydrogen-bond donors (Lipinski definition) is 3. The summed E-state index contributed by atoms with van der Waals surface area (Å²) in [6, 6.07) is 5.33. The van der Waals surface area contributed by atoms with E-state index in [-0.39, 0.29) is 12.3 Å². The number of H-pyrrole nitrogens is 1. The fourth-order valence-electron chi connectivity index (χ4n) is 1.70. The number of nitrogens with one attached hydrogen (secondary N) is 2. The van der Waals surface area contributed by atoms with Crippen molar-refractivity contribution in [1.29, 1.82) is 0 Å². The number of hydrogen-bond acceptors (Lipinski definition) is 3. The lowest BCUT2D eigenvalue weighted by atomic mass is 9.89. The van der Waals surface area contributed by atoms with Crippen molar-refractivity contribution in [3.8, 4) is 0 Å². The molecule has 1 aromatic carbocycles. The lowest BCUT2D eigenvalue weighted by Crippen LogP contribution is -2.29. The Morgan fingerprint density at radius 1 is 1.42 bits per heavy atom. The summed E-state index contributed by atoms with van der Waals surface area (Å²) in [6.07, 6.45) is 1.58. The number of aliphatic carboxylic acids is 1. The Hall–Kier alpha value is -2.37. The molecular formula is C13H15N3O3. The van der Waals surface area contributed by atoms with Crippen molar-refractivity contribution in [2.75, 3.05) is 5.32 Å². The van der Waals surface area contributed by atoms with Crippen LogP contribution in [-0.2, 0) is 9.59 Å². The Morgan fingerprint density at radius 2 is 2.16 bits per heavy atom. The predicted octanol–water partition coefficient (Wildman–Crippen LogP) is 2.00. The fraction of sp³-hybridized carbons (Fsp3) is 0.308. The molecule has 1 heterocycles. The van der Waals surface area contributed by atoms with Crippen LogP contribution in [0.5, 0.6) is 0 Å². The van der Waals surface area contributed by atoms with Crippen LogP contribution in [0.25, 0.3) is 10.9 Å². The topological polar surface area (TPSA) is 95.1 Å². The normalized spacial score (nSPS) is 11.5. The monoisotopic (exact) mass is 261 g/mol. The second-order valence-electron chi connectivity index (χ2n) is 5.09. The van der Waals surface area contributed by atoms with Gasteiger partial charge in [0.25, 0.3) is 0 Å². The van der Waals surface area contributed by atoms with Crippen molar-refractivity contribution in [3.63, 3.8) is 0 Å². The average Bonchev–Trinajstić information content (AvgIpc) is 2.74. The Bertz CT molecular complexity index is 631. The van der Waals surface area contributed by atoms with E-state index < -0.39 is 11.4 Å². The molecule has 0 radical (unpaired) electrons. The summed E-state index contributed by atoms with van der Waals surface area (Å²) >= 11 is 0. The van der Waals surface area contributed by atoms with Gasteiger partial charge in [-0.25, -0.2) is 0 Å². The molecule has 0 fully saturated rings. The van der Waals surface area contributed by atoms with Gasteiger partial charge >= 0.3 is 5.97 Å². The number of carboxylic acids is 1. The third-order valence-corrected chi connectivity index (χ3v) is 2.91. The zero-order chi connectivity index (χ0) is 14.0. The van der Waals surface area contributed by atoms with Gasteiger partial charge in [-0.15, -0.1) is 0 Å². The minimum absolute atomic E-state index is 0.0776. The van der Waals surface area contributed by atoms with Crippen LogP contribution in [0.1, 0.15) is 20.3 Å². The van der Waals surface area contributed by atoms with Gasteiger partial charge in [-0.1, -0.05) is 0 Å². The number of carboxylic acid groups (broad SMARTS) is 1. The molecular weight excluding hydrogens is 246 g/mol. The SMILES string of the molecule is CC(C)(CC(=O)Nc1ccc2[nH]ncc2c1)C(=O)O. The van der Waals surface area contributed by atoms with Gasteiger partial charge in [0.1, 0.15) is 0 Å². The molecule has 0 saturated heterocycles. The molecule has 2 aromatic rings. The number of rotatable bonds is 4. The molecule has 6 nitrogen and oxygen atoms in total. The summed E-state index contributed by atoms with van der Waals surface area (Å²) in [7, 11) is 0. The zero-order valence-corrected chi connectivity index (χ0v) is 10.7. The Kier molecular flexibility index (Phi) is 3.25. The van der Waals surface area contributed by atoms with E-state index in [1.807, 2.05) is 0 Å². The number of fused-ring (bicyclic) bond motifs is 1. The number of aromatic amines is 1. The number of anilines is 1. The highest BCUT2D eigenvalue weighted by Gasteiger charge is 2.30. The standard InChI is InChI=1S/C13H15N3O3/c1-13(2,12(18)19)6-11(17)15-9-3-4-10-8(5-9)7-14-16-10/h3-5,7H,6H2,1-2H3,(H,14,16)(H,15,17)(H,18,19). The first-order valence-corrected chi connectivity index (χ1v) is 5.85. The third-order valence-electron chi connectivity index (χ3n) is 2.91. The molecule has 0 aliphatic heterocycles. The second kappa shape index (κ2) is 4.72. The van der Waals surface area contributed by atoms with Gasteiger partial charge in [-0.2, -0.15) is 5.10 Å². The number of carbonyl (C=O) groups excluding carboxylic acids is 1. The van der Waals surface area contributed by atoms with E-state index in [0.717, 1.165) is 10.9 Å². The van der Waals surface area contributed by atoms with Crippen molar-refractivity contribution >= 4 is 28.5 Å². The lowest BCUT2D eigenvalue weighted by Gasteiger charge is -2.18. The summed E-state index contributed by atoms with van der Waals surface area (Å²) < 4.78 is 0. The van der Waals surface area contributed by atoms with Crippen molar-refractivity contribution in [3.05, 3.63) is 24.4 Å². The largest absolute Gasteiger partial charge is 0.481 e. The highest BCUT2D eigenvalue weighted by Crippen LogP contribution is 2.22. The van der Waals surface area contributed by atoms with Crippen LogP contribution in [0.4, 0.5) is 5.69 Å². The lowest BCUT2D eigenvalue weighted by molar-refractivity contribution is -0.148. The van der Waals surface area contributed by atoms with Gasteiger partial charge in [-0.3, -0.25) is 14.7 Å². The molecule has 2 rings (SSSR count). The zero-order valence-electron chi connectivity index (χ0n) is 10.7. The van der Waals surface area contributed by atoms with E-state index in [9.17, 15) is 9.59 Å². The van der Waals surface area contributed by atoms with Crippen LogP contribution in [0.2, 0.25) is 0 Å². The van der Waals surface area contributed by atoms with Crippen LogP contribution < -0.4 is 5.32 Å². The van der Waals surface area contributed by atoms with Crippen molar-refractivity contribution in [2.45, 2.75) is 20.3 Å². The Morgan fingerprint density at radius 3 is 2.84 bits per heavy atom. The Balaban J connectivity index is 2.08. The highest BCUT2D eigenvalue weighted by molar-refractivity contribution is 5.95. The van der Waals surface area contributed by atoms with E-state index in [4.69, 9.17) is 5.11 Å². The molecule has 0 bridgehead atoms. The first kappa shape index (κ1) is 13.1. The van der Waals surface area contributed by atoms with E-state index in [2.05, 4.69) is 15.5 Å². The second-order valence-corrected chi connectivity index (χ2v) is 5.09. The van der Waals surface area contributed by atoms with Crippen molar-refractivity contribution < 1.29 is 14.7 Å². The maximum absolute atomic E-state index is 11.8. The summed E-state index contributed by atoms with van der Waals surface area (Å²) in [6.45, 7) is 3.04. The first-order chi connectivity index (χ1) is 8.88. The molecule has 100 valence electrons. The van der Waals surface area contributed by atoms with Crippen LogP contribution in [-0.4, -0.2) is 27.2 Å². The van der Waals surface area contributed by atoms with Gasteiger partial charge in [0, 0.05) is 17.5 Å². The molecule has 1 aromatic heterocycles. The number of nitrogens with zero attached hydrogens (tertiary/aromatic N) is 1. The molecule has 0 aliphatic carbocycles. The number of amides is 1. The molecule has 0 saturated carbocycles. The van der Waals surface area contributed by atoms with E-state index in [0.29, 0.717) is 5.69 Å². The van der Waals surface area contributed by atoms with E-state index in [1.54, 1.807) is 24.4 Å². The molecule has 0 aliphatic rings. The summed E-state index contributed by atoms with van der Waals surface area (Å²) in [5.41, 5.74) is 0.424. The molecule has 0 unspecified atom stereocenters. The van der Waals surface area contributed by atoms with E-state index in [1.165, 1.54) is 13.8 Å². The number of carbonyl (C=O) groups is 2. The summed E-state index contributed by atoms with van der Waals surface area (Å²) in [4.78, 5) is 22.8. The highest BCUT2D eigenvalue weighted by atomic mass is 16.4. The number of benzene rings is 1. The molecule has 0 atom stereocenters. The van der Waals surface area contributed by atoms with Crippen LogP contribution in [0.15, 0.2) is 24.4 Å². The Labute approximate surface area is 109 Å². The third kappa shape index (κ3) is 2.90. The quantitative estimate of drug-likeness (QED) is 0.784. The van der Waals surface area contributed by atoms with Crippen molar-refractivity contribution in [1.82, 2.24) is 10.2 Å². The number of aromatic nitrogens is 2. The van der Waals surface area contributed by atoms with Gasteiger partial charge in [0.05, 0.1) is 17.1 Å². The molecule has 0 spiro atoms. The molecule has 6 heteroatoms. The minimum Gasteiger partial charge on any atom is -0.481 e. The van der Waals surface area contributed by atoms with Gasteiger partial charge in [-0.05, 0) is 32.0 Å². The fourth-order valence-corrected chi connectivity index (χ4v) is 1.70. The molecule has 1 amide bonds. The summed E-state index contributed by atoms with van der Waals surface area (Å²) in [5, 5.41) is 19.3. The molecule has 3 N–H and O–H groups in total. The first-order valence-electron chi connectivity index (χ1n) is 5.85. The predicted molar refractivity (Wildman–Crippen MR) is 70.8 cm³/mol. The molecule has 19 heavy (non-hydrogen) atoms. The van der Waals surface area contributed by atoms with Crippen molar-refractivity contribution in [2.24, 2.45) is 5.41 Å². The van der Waals surface area contributed by atoms with E-state index >= 15 is 0 Å². The average molecular weight is 261 g/mol. The maximum Gasteiger partial charge on any atom is 0.309 e.